The zero-order chi connectivity index (χ0) is 22.0. The van der Waals surface area contributed by atoms with Gasteiger partial charge < -0.3 is 25.7 Å². The van der Waals surface area contributed by atoms with Crippen molar-refractivity contribution in [3.8, 4) is 11.5 Å². The quantitative estimate of drug-likeness (QED) is 0.421. The van der Waals surface area contributed by atoms with Gasteiger partial charge in [-0.05, 0) is 51.2 Å². The van der Waals surface area contributed by atoms with E-state index in [0.29, 0.717) is 17.9 Å². The summed E-state index contributed by atoms with van der Waals surface area (Å²) in [5, 5.41) is 27.1. The third kappa shape index (κ3) is 3.85. The topological polar surface area (TPSA) is 102 Å². The standard InChI is InChI=1S/C23H29N3O4/c1-5-26(6-2)12-11-24-14-7-8-15(25-13(3)4)19-18(14)22(29)20-16(27)9-10-17(28)21(20)23(19)30/h7-10,13,24-25,27-28H,5-6,11-12H2,1-4H3. The molecule has 0 aliphatic heterocycles. The average Bonchev–Trinajstić information content (AvgIpc) is 2.71. The zero-order valence-electron chi connectivity index (χ0n) is 17.9. The molecule has 0 aromatic heterocycles. The number of nitrogens with one attached hydrogen (secondary N) is 2. The zero-order valence-corrected chi connectivity index (χ0v) is 17.9. The molecule has 1 aliphatic rings. The van der Waals surface area contributed by atoms with Crippen molar-refractivity contribution in [2.24, 2.45) is 0 Å². The predicted molar refractivity (Wildman–Crippen MR) is 118 cm³/mol. The van der Waals surface area contributed by atoms with Gasteiger partial charge in [0.2, 0.25) is 11.6 Å². The van der Waals surface area contributed by atoms with Gasteiger partial charge in [0.25, 0.3) is 0 Å². The van der Waals surface area contributed by atoms with Gasteiger partial charge in [0.1, 0.15) is 11.5 Å². The fourth-order valence-electron chi connectivity index (χ4n) is 3.83. The molecule has 4 N–H and O–H groups in total. The van der Waals surface area contributed by atoms with Crippen molar-refractivity contribution in [3.63, 3.8) is 0 Å². The van der Waals surface area contributed by atoms with Crippen LogP contribution in [-0.4, -0.2) is 58.9 Å². The average molecular weight is 412 g/mol. The van der Waals surface area contributed by atoms with Crippen molar-refractivity contribution in [2.45, 2.75) is 33.7 Å². The lowest BCUT2D eigenvalue weighted by Gasteiger charge is -2.26. The molecule has 160 valence electrons. The van der Waals surface area contributed by atoms with E-state index < -0.39 is 11.6 Å². The molecule has 7 heteroatoms. The number of nitrogens with zero attached hydrogens (tertiary/aromatic N) is 1. The highest BCUT2D eigenvalue weighted by Gasteiger charge is 2.38. The molecule has 0 saturated carbocycles. The number of hydrogen-bond donors (Lipinski definition) is 4. The number of phenolic OH excluding ortho intramolecular Hbond substituents is 2. The summed E-state index contributed by atoms with van der Waals surface area (Å²) in [6.07, 6.45) is 0. The predicted octanol–water partition coefficient (Wildman–Crippen LogP) is 3.45. The highest BCUT2D eigenvalue weighted by Crippen LogP contribution is 2.42. The Kier molecular flexibility index (Phi) is 6.31. The Hall–Kier alpha value is -3.06. The first-order valence-electron chi connectivity index (χ1n) is 10.3. The second-order valence-electron chi connectivity index (χ2n) is 7.68. The van der Waals surface area contributed by atoms with Crippen molar-refractivity contribution < 1.29 is 19.8 Å². The van der Waals surface area contributed by atoms with Crippen LogP contribution >= 0.6 is 0 Å². The summed E-state index contributed by atoms with van der Waals surface area (Å²) in [5.41, 5.74) is 1.20. The summed E-state index contributed by atoms with van der Waals surface area (Å²) >= 11 is 0. The smallest absolute Gasteiger partial charge is 0.200 e. The lowest BCUT2D eigenvalue weighted by Crippen LogP contribution is -2.30. The van der Waals surface area contributed by atoms with E-state index >= 15 is 0 Å². The molecule has 0 heterocycles. The molecular weight excluding hydrogens is 382 g/mol. The van der Waals surface area contributed by atoms with Crippen LogP contribution in [0.15, 0.2) is 24.3 Å². The molecular formula is C23H29N3O4. The highest BCUT2D eigenvalue weighted by atomic mass is 16.3. The number of rotatable bonds is 8. The van der Waals surface area contributed by atoms with Crippen LogP contribution < -0.4 is 10.6 Å². The third-order valence-corrected chi connectivity index (χ3v) is 5.36. The van der Waals surface area contributed by atoms with Crippen LogP contribution in [0.5, 0.6) is 11.5 Å². The molecule has 0 spiro atoms. The van der Waals surface area contributed by atoms with Gasteiger partial charge in [0.15, 0.2) is 0 Å². The Morgan fingerprint density at radius 2 is 1.33 bits per heavy atom. The number of ketones is 2. The van der Waals surface area contributed by atoms with E-state index in [2.05, 4.69) is 29.4 Å². The van der Waals surface area contributed by atoms with Crippen molar-refractivity contribution in [1.82, 2.24) is 4.90 Å². The fourth-order valence-corrected chi connectivity index (χ4v) is 3.83. The van der Waals surface area contributed by atoms with Crippen molar-refractivity contribution in [3.05, 3.63) is 46.5 Å². The maximum Gasteiger partial charge on any atom is 0.200 e. The molecule has 7 nitrogen and oxygen atoms in total. The van der Waals surface area contributed by atoms with Gasteiger partial charge in [-0.1, -0.05) is 13.8 Å². The van der Waals surface area contributed by atoms with E-state index in [1.165, 1.54) is 12.1 Å². The molecule has 0 bridgehead atoms. The maximum atomic E-state index is 13.4. The Bertz CT molecular complexity index is 981. The van der Waals surface area contributed by atoms with Gasteiger partial charge in [0, 0.05) is 30.5 Å². The van der Waals surface area contributed by atoms with Crippen LogP contribution in [0.25, 0.3) is 0 Å². The first kappa shape index (κ1) is 21.6. The van der Waals surface area contributed by atoms with E-state index in [1.807, 2.05) is 13.8 Å². The van der Waals surface area contributed by atoms with Crippen LogP contribution in [-0.2, 0) is 0 Å². The summed E-state index contributed by atoms with van der Waals surface area (Å²) < 4.78 is 0. The molecule has 0 amide bonds. The molecule has 30 heavy (non-hydrogen) atoms. The molecule has 1 aliphatic carbocycles. The minimum Gasteiger partial charge on any atom is -0.507 e. The molecule has 2 aromatic rings. The Labute approximate surface area is 176 Å². The van der Waals surface area contributed by atoms with Gasteiger partial charge in [-0.3, -0.25) is 9.59 Å². The van der Waals surface area contributed by atoms with E-state index in [9.17, 15) is 19.8 Å². The Balaban J connectivity index is 2.10. The molecule has 2 aromatic carbocycles. The summed E-state index contributed by atoms with van der Waals surface area (Å²) in [6, 6.07) is 6.05. The number of fused-ring (bicyclic) bond motifs is 2. The number of anilines is 2. The van der Waals surface area contributed by atoms with Gasteiger partial charge in [-0.25, -0.2) is 0 Å². The third-order valence-electron chi connectivity index (χ3n) is 5.36. The van der Waals surface area contributed by atoms with Gasteiger partial charge in [0.05, 0.1) is 22.3 Å². The molecule has 0 fully saturated rings. The minimum atomic E-state index is -0.483. The van der Waals surface area contributed by atoms with Crippen molar-refractivity contribution in [2.75, 3.05) is 36.8 Å². The molecule has 3 rings (SSSR count). The van der Waals surface area contributed by atoms with Crippen LogP contribution in [0.4, 0.5) is 11.4 Å². The Morgan fingerprint density at radius 3 is 1.83 bits per heavy atom. The second kappa shape index (κ2) is 8.75. The van der Waals surface area contributed by atoms with Crippen molar-refractivity contribution >= 4 is 22.9 Å². The number of carbonyl (C=O) groups is 2. The van der Waals surface area contributed by atoms with Gasteiger partial charge in [-0.15, -0.1) is 0 Å². The number of hydrogen-bond acceptors (Lipinski definition) is 7. The number of likely N-dealkylation sites (N-methyl/N-ethyl adjacent to an activating group) is 1. The number of phenols is 2. The normalized spacial score (nSPS) is 12.9. The van der Waals surface area contributed by atoms with Gasteiger partial charge >= 0.3 is 0 Å². The molecule has 0 atom stereocenters. The van der Waals surface area contributed by atoms with Gasteiger partial charge in [-0.2, -0.15) is 0 Å². The summed E-state index contributed by atoms with van der Waals surface area (Å²) in [4.78, 5) is 29.0. The maximum absolute atomic E-state index is 13.4. The van der Waals surface area contributed by atoms with Crippen LogP contribution in [0.1, 0.15) is 59.5 Å². The summed E-state index contributed by atoms with van der Waals surface area (Å²) in [5.74, 6) is -1.60. The lowest BCUT2D eigenvalue weighted by molar-refractivity contribution is 0.0975. The lowest BCUT2D eigenvalue weighted by atomic mass is 9.81. The summed E-state index contributed by atoms with van der Waals surface area (Å²) in [6.45, 7) is 11.3. The first-order valence-corrected chi connectivity index (χ1v) is 10.3. The van der Waals surface area contributed by atoms with E-state index in [-0.39, 0.29) is 39.8 Å². The second-order valence-corrected chi connectivity index (χ2v) is 7.68. The largest absolute Gasteiger partial charge is 0.507 e. The number of aromatic hydroxyl groups is 2. The first-order chi connectivity index (χ1) is 14.3. The SMILES string of the molecule is CCN(CC)CCNc1ccc(NC(C)C)c2c1C(=O)c1c(O)ccc(O)c1C2=O. The fraction of sp³-hybridized carbons (Fsp3) is 0.391. The minimum absolute atomic E-state index is 0.0395. The van der Waals surface area contributed by atoms with Crippen LogP contribution in [0, 0.1) is 0 Å². The molecule has 0 saturated heterocycles. The molecule has 0 unspecified atom stereocenters. The molecule has 0 radical (unpaired) electrons. The summed E-state index contributed by atoms with van der Waals surface area (Å²) in [7, 11) is 0. The van der Waals surface area contributed by atoms with Crippen molar-refractivity contribution in [1.29, 1.82) is 0 Å². The van der Waals surface area contributed by atoms with Crippen LogP contribution in [0.2, 0.25) is 0 Å². The highest BCUT2D eigenvalue weighted by molar-refractivity contribution is 6.33. The van der Waals surface area contributed by atoms with E-state index in [0.717, 1.165) is 19.6 Å². The van der Waals surface area contributed by atoms with E-state index in [1.54, 1.807) is 12.1 Å². The van der Waals surface area contributed by atoms with E-state index in [4.69, 9.17) is 0 Å². The monoisotopic (exact) mass is 411 g/mol. The Morgan fingerprint density at radius 1 is 0.833 bits per heavy atom. The number of carbonyl (C=O) groups excluding carboxylic acids is 2. The number of benzene rings is 2. The van der Waals surface area contributed by atoms with Crippen LogP contribution in [0.3, 0.4) is 0 Å².